The summed E-state index contributed by atoms with van der Waals surface area (Å²) >= 11 is 0. The molecule has 1 aliphatic rings. The summed E-state index contributed by atoms with van der Waals surface area (Å²) in [5.74, 6) is 5.04. The number of rotatable bonds is 3. The number of amides is 2. The summed E-state index contributed by atoms with van der Waals surface area (Å²) in [4.78, 5) is 28.9. The van der Waals surface area contributed by atoms with Gasteiger partial charge in [0.1, 0.15) is 11.9 Å². The molecule has 1 saturated heterocycles. The van der Waals surface area contributed by atoms with Crippen LogP contribution < -0.4 is 16.7 Å². The van der Waals surface area contributed by atoms with Gasteiger partial charge in [0.15, 0.2) is 6.23 Å². The maximum Gasteiger partial charge on any atom is 0.351 e. The number of nitrogens with two attached hydrogens (primary N) is 1. The molecule has 1 aromatic rings. The lowest BCUT2D eigenvalue weighted by Gasteiger charge is -2.17. The smallest absolute Gasteiger partial charge is 0.351 e. The monoisotopic (exact) mass is 349 g/mol. The number of azide groups is 1. The van der Waals surface area contributed by atoms with Crippen LogP contribution in [0.4, 0.5) is 10.6 Å². The molecule has 1 aliphatic heterocycles. The van der Waals surface area contributed by atoms with Crippen molar-refractivity contribution in [2.45, 2.75) is 24.9 Å². The van der Waals surface area contributed by atoms with Crippen molar-refractivity contribution in [3.05, 3.63) is 32.7 Å². The molecule has 0 radical (unpaired) electrons. The van der Waals surface area contributed by atoms with Crippen molar-refractivity contribution in [3.8, 4) is 11.8 Å². The van der Waals surface area contributed by atoms with E-state index in [-0.39, 0.29) is 31.0 Å². The van der Waals surface area contributed by atoms with Crippen LogP contribution in [0, 0.1) is 11.8 Å². The van der Waals surface area contributed by atoms with Crippen molar-refractivity contribution in [1.82, 2.24) is 14.9 Å². The number of hydrogen-bond donors (Lipinski definition) is 4. The van der Waals surface area contributed by atoms with E-state index >= 15 is 0 Å². The van der Waals surface area contributed by atoms with Crippen molar-refractivity contribution in [3.63, 3.8) is 0 Å². The lowest BCUT2D eigenvalue weighted by Crippen LogP contribution is -2.32. The van der Waals surface area contributed by atoms with Crippen LogP contribution in [0.5, 0.6) is 0 Å². The number of carbonyl (C=O) groups is 1. The summed E-state index contributed by atoms with van der Waals surface area (Å²) < 4.78 is 6.44. The lowest BCUT2D eigenvalue weighted by atomic mass is 10.2. The van der Waals surface area contributed by atoms with Crippen LogP contribution >= 0.6 is 0 Å². The van der Waals surface area contributed by atoms with Crippen LogP contribution in [0.3, 0.4) is 0 Å². The quantitative estimate of drug-likeness (QED) is 0.229. The second-order valence-electron chi connectivity index (χ2n) is 5.01. The lowest BCUT2D eigenvalue weighted by molar-refractivity contribution is -0.0529. The Morgan fingerprint density at radius 3 is 3.08 bits per heavy atom. The first-order chi connectivity index (χ1) is 12.0. The van der Waals surface area contributed by atoms with Crippen LogP contribution in [0.2, 0.25) is 0 Å². The Morgan fingerprint density at radius 1 is 1.68 bits per heavy atom. The van der Waals surface area contributed by atoms with Gasteiger partial charge < -0.3 is 26.0 Å². The first-order valence-electron chi connectivity index (χ1n) is 7.11. The zero-order chi connectivity index (χ0) is 18.4. The van der Waals surface area contributed by atoms with Crippen LogP contribution in [-0.4, -0.2) is 51.2 Å². The van der Waals surface area contributed by atoms with E-state index < -0.39 is 30.2 Å². The number of aliphatic hydroxyl groups is 2. The van der Waals surface area contributed by atoms with Gasteiger partial charge in [-0.1, -0.05) is 11.8 Å². The number of nitrogens with zero attached hydrogens (tertiary/aromatic N) is 5. The second-order valence-corrected chi connectivity index (χ2v) is 5.01. The molecule has 25 heavy (non-hydrogen) atoms. The Kier molecular flexibility index (Phi) is 5.93. The number of anilines is 1. The molecule has 2 rings (SSSR count). The predicted octanol–water partition coefficient (Wildman–Crippen LogP) is -1.16. The minimum absolute atomic E-state index is 0.119. The Hall–Kier alpha value is -3.10. The fourth-order valence-electron chi connectivity index (χ4n) is 2.19. The van der Waals surface area contributed by atoms with E-state index in [0.29, 0.717) is 0 Å². The van der Waals surface area contributed by atoms with E-state index in [1.165, 1.54) is 6.20 Å². The standard InChI is InChI=1S/C13H15N7O5/c14-10-7(2-1-3-16-12(23)18-19-15)5-20(13(24)17-10)11-9(22)4-8(6-21)25-11/h5,8-9,11,21-22H,3-4,6H2,(H,16,23)(H2,14,17,24)/t8-,9?,11+/m0/s1. The molecule has 3 atom stereocenters. The number of aromatic nitrogens is 2. The number of ether oxygens (including phenoxy) is 1. The van der Waals surface area contributed by atoms with E-state index in [1.807, 2.05) is 0 Å². The summed E-state index contributed by atoms with van der Waals surface area (Å²) in [5, 5.41) is 24.1. The Bertz CT molecular complexity index is 820. The molecule has 1 fully saturated rings. The summed E-state index contributed by atoms with van der Waals surface area (Å²) in [6.07, 6.45) is -1.15. The largest absolute Gasteiger partial charge is 0.394 e. The average Bonchev–Trinajstić information content (AvgIpc) is 2.94. The maximum absolute atomic E-state index is 12.0. The third-order valence-corrected chi connectivity index (χ3v) is 3.31. The van der Waals surface area contributed by atoms with Crippen molar-refractivity contribution in [1.29, 1.82) is 0 Å². The highest BCUT2D eigenvalue weighted by Gasteiger charge is 2.35. The summed E-state index contributed by atoms with van der Waals surface area (Å²) in [5.41, 5.74) is 13.2. The van der Waals surface area contributed by atoms with E-state index in [4.69, 9.17) is 21.1 Å². The van der Waals surface area contributed by atoms with Crippen LogP contribution in [0.15, 0.2) is 16.1 Å². The summed E-state index contributed by atoms with van der Waals surface area (Å²) in [6.45, 7) is -0.409. The van der Waals surface area contributed by atoms with Gasteiger partial charge in [0.25, 0.3) is 0 Å². The number of carbonyl (C=O) groups excluding carboxylic acids is 1. The van der Waals surface area contributed by atoms with Crippen molar-refractivity contribution >= 4 is 11.8 Å². The highest BCUT2D eigenvalue weighted by atomic mass is 16.5. The number of hydrogen-bond acceptors (Lipinski definition) is 7. The molecule has 1 aromatic heterocycles. The Morgan fingerprint density at radius 2 is 2.44 bits per heavy atom. The minimum Gasteiger partial charge on any atom is -0.394 e. The molecule has 12 nitrogen and oxygen atoms in total. The minimum atomic E-state index is -1.01. The zero-order valence-corrected chi connectivity index (χ0v) is 12.9. The molecular weight excluding hydrogens is 334 g/mol. The molecule has 0 spiro atoms. The number of nitrogens with one attached hydrogen (secondary N) is 1. The van der Waals surface area contributed by atoms with Gasteiger partial charge in [-0.25, -0.2) is 4.79 Å². The molecule has 1 unspecified atom stereocenters. The number of aliphatic hydroxyl groups excluding tert-OH is 2. The summed E-state index contributed by atoms with van der Waals surface area (Å²) in [6, 6.07) is -0.884. The third kappa shape index (κ3) is 4.46. The number of nitrogen functional groups attached to an aromatic ring is 1. The van der Waals surface area contributed by atoms with E-state index in [0.717, 1.165) is 4.57 Å². The Balaban J connectivity index is 2.20. The maximum atomic E-state index is 12.0. The van der Waals surface area contributed by atoms with Gasteiger partial charge in [0.2, 0.25) is 0 Å². The highest BCUT2D eigenvalue weighted by Crippen LogP contribution is 2.27. The first kappa shape index (κ1) is 18.2. The van der Waals surface area contributed by atoms with E-state index in [9.17, 15) is 14.7 Å². The van der Waals surface area contributed by atoms with Gasteiger partial charge in [-0.15, -0.1) is 0 Å². The Labute approximate surface area is 140 Å². The first-order valence-corrected chi connectivity index (χ1v) is 7.11. The van der Waals surface area contributed by atoms with Gasteiger partial charge >= 0.3 is 11.7 Å². The van der Waals surface area contributed by atoms with Gasteiger partial charge in [0, 0.05) is 22.6 Å². The van der Waals surface area contributed by atoms with Crippen LogP contribution in [0.25, 0.3) is 10.4 Å². The molecule has 12 heteroatoms. The third-order valence-electron chi connectivity index (χ3n) is 3.31. The van der Waals surface area contributed by atoms with Crippen LogP contribution in [-0.2, 0) is 4.74 Å². The fourth-order valence-corrected chi connectivity index (χ4v) is 2.19. The average molecular weight is 349 g/mol. The van der Waals surface area contributed by atoms with Crippen molar-refractivity contribution < 1.29 is 19.7 Å². The van der Waals surface area contributed by atoms with Crippen molar-refractivity contribution in [2.75, 3.05) is 18.9 Å². The molecule has 2 amide bonds. The van der Waals surface area contributed by atoms with E-state index in [2.05, 4.69) is 32.2 Å². The molecule has 0 aliphatic carbocycles. The van der Waals surface area contributed by atoms with Gasteiger partial charge in [-0.3, -0.25) is 9.36 Å². The highest BCUT2D eigenvalue weighted by molar-refractivity contribution is 5.74. The second kappa shape index (κ2) is 8.13. The normalized spacial score (nSPS) is 21.8. The molecule has 0 aromatic carbocycles. The summed E-state index contributed by atoms with van der Waals surface area (Å²) in [7, 11) is 0. The molecular formula is C13H15N7O5. The molecule has 0 bridgehead atoms. The SMILES string of the molecule is [N-]=[N+]=NC(=O)NCC#Cc1cn([C@@H]2O[C@H](CO)CC2O)c(=O)nc1N. The zero-order valence-electron chi connectivity index (χ0n) is 12.9. The van der Waals surface area contributed by atoms with Crippen molar-refractivity contribution in [2.24, 2.45) is 5.11 Å². The van der Waals surface area contributed by atoms with Gasteiger partial charge in [-0.05, 0) is 5.53 Å². The fraction of sp³-hybridized carbons (Fsp3) is 0.462. The topological polar surface area (TPSA) is 188 Å². The van der Waals surface area contributed by atoms with Gasteiger partial charge in [0.05, 0.1) is 24.8 Å². The molecule has 2 heterocycles. The molecule has 0 saturated carbocycles. The van der Waals surface area contributed by atoms with E-state index in [1.54, 1.807) is 0 Å². The molecule has 132 valence electrons. The molecule has 5 N–H and O–H groups in total. The van der Waals surface area contributed by atoms with Crippen LogP contribution in [0.1, 0.15) is 18.2 Å². The number of urea groups is 1. The van der Waals surface area contributed by atoms with Gasteiger partial charge in [-0.2, -0.15) is 4.98 Å². The predicted molar refractivity (Wildman–Crippen MR) is 84.0 cm³/mol.